The molecule has 0 aliphatic carbocycles. The molecule has 0 heterocycles. The summed E-state index contributed by atoms with van der Waals surface area (Å²) in [6.45, 7) is 1.50. The monoisotopic (exact) mass is 340 g/mol. The van der Waals surface area contributed by atoms with E-state index in [2.05, 4.69) is 54.6 Å². The maximum Gasteiger partial charge on any atom is 0.132 e. The Bertz CT molecular complexity index is 1040. The van der Waals surface area contributed by atoms with Crippen LogP contribution >= 0.6 is 0 Å². The number of hydrogen-bond donors (Lipinski definition) is 1. The summed E-state index contributed by atoms with van der Waals surface area (Å²) in [6.07, 6.45) is -0.595. The maximum atomic E-state index is 11.2. The van der Waals surface area contributed by atoms with E-state index >= 15 is 0 Å². The van der Waals surface area contributed by atoms with Gasteiger partial charge in [-0.25, -0.2) is 0 Å². The Hall–Kier alpha value is -2.97. The lowest BCUT2D eigenvalue weighted by molar-refractivity contribution is -0.118. The van der Waals surface area contributed by atoms with Gasteiger partial charge in [-0.15, -0.1) is 0 Å². The fourth-order valence-corrected chi connectivity index (χ4v) is 3.59. The molecule has 0 saturated heterocycles. The first-order chi connectivity index (χ1) is 12.6. The van der Waals surface area contributed by atoms with Crippen LogP contribution in [0.1, 0.15) is 25.0 Å². The summed E-state index contributed by atoms with van der Waals surface area (Å²) >= 11 is 0. The molecule has 4 rings (SSSR count). The fraction of sp³-hybridized carbons (Fsp3) is 0.125. The van der Waals surface area contributed by atoms with Gasteiger partial charge in [0.15, 0.2) is 0 Å². The lowest BCUT2D eigenvalue weighted by atomic mass is 9.91. The second-order valence-electron chi connectivity index (χ2n) is 6.74. The minimum absolute atomic E-state index is 0.0124. The molecule has 4 aromatic carbocycles. The van der Waals surface area contributed by atoms with Gasteiger partial charge in [0.1, 0.15) is 5.78 Å². The van der Waals surface area contributed by atoms with Crippen molar-refractivity contribution >= 4 is 27.3 Å². The molecule has 4 aromatic rings. The molecule has 1 unspecified atom stereocenters. The lowest BCUT2D eigenvalue weighted by Gasteiger charge is -2.14. The van der Waals surface area contributed by atoms with Gasteiger partial charge in [-0.3, -0.25) is 4.79 Å². The molecule has 1 atom stereocenters. The second-order valence-corrected chi connectivity index (χ2v) is 6.74. The Kier molecular flexibility index (Phi) is 4.27. The third-order valence-corrected chi connectivity index (χ3v) is 4.84. The Morgan fingerprint density at radius 1 is 0.846 bits per heavy atom. The molecule has 26 heavy (non-hydrogen) atoms. The molecule has 0 spiro atoms. The van der Waals surface area contributed by atoms with Crippen LogP contribution in [-0.2, 0) is 4.79 Å². The minimum atomic E-state index is -0.745. The third kappa shape index (κ3) is 3.00. The lowest BCUT2D eigenvalue weighted by Crippen LogP contribution is -2.03. The Morgan fingerprint density at radius 2 is 1.38 bits per heavy atom. The molecule has 2 heteroatoms. The molecule has 0 aromatic heterocycles. The highest BCUT2D eigenvalue weighted by atomic mass is 16.3. The van der Waals surface area contributed by atoms with Gasteiger partial charge < -0.3 is 5.11 Å². The van der Waals surface area contributed by atoms with Gasteiger partial charge in [-0.2, -0.15) is 0 Å². The average Bonchev–Trinajstić information content (AvgIpc) is 2.65. The van der Waals surface area contributed by atoms with Crippen LogP contribution in [0.15, 0.2) is 78.9 Å². The van der Waals surface area contributed by atoms with Crippen molar-refractivity contribution in [2.24, 2.45) is 0 Å². The van der Waals surface area contributed by atoms with Crippen molar-refractivity contribution in [3.8, 4) is 11.1 Å². The molecule has 0 fully saturated rings. The third-order valence-electron chi connectivity index (χ3n) is 4.84. The summed E-state index contributed by atoms with van der Waals surface area (Å²) in [7, 11) is 0. The van der Waals surface area contributed by atoms with E-state index in [1.807, 2.05) is 24.3 Å². The highest BCUT2D eigenvalue weighted by Crippen LogP contribution is 2.36. The van der Waals surface area contributed by atoms with Gasteiger partial charge in [0.2, 0.25) is 0 Å². The predicted octanol–water partition coefficient (Wildman–Crippen LogP) is 5.67. The van der Waals surface area contributed by atoms with Gasteiger partial charge in [0.25, 0.3) is 0 Å². The van der Waals surface area contributed by atoms with E-state index in [1.165, 1.54) is 34.0 Å². The SMILES string of the molecule is CC(=O)CC(O)c1ccc(-c2c3ccccc3cc3ccccc23)cc1. The van der Waals surface area contributed by atoms with Gasteiger partial charge in [0.05, 0.1) is 6.10 Å². The van der Waals surface area contributed by atoms with E-state index in [4.69, 9.17) is 0 Å². The van der Waals surface area contributed by atoms with E-state index in [0.717, 1.165) is 11.1 Å². The second kappa shape index (κ2) is 6.74. The van der Waals surface area contributed by atoms with E-state index in [-0.39, 0.29) is 12.2 Å². The number of aliphatic hydroxyl groups excluding tert-OH is 1. The molecule has 128 valence electrons. The van der Waals surface area contributed by atoms with Crippen molar-refractivity contribution in [2.75, 3.05) is 0 Å². The van der Waals surface area contributed by atoms with Crippen LogP contribution in [-0.4, -0.2) is 10.9 Å². The standard InChI is InChI=1S/C24H20O2/c1-16(25)14-23(26)17-10-12-18(13-11-17)24-21-8-4-2-6-19(21)15-20-7-3-5-9-22(20)24/h2-13,15,23,26H,14H2,1H3. The highest BCUT2D eigenvalue weighted by Gasteiger charge is 2.12. The van der Waals surface area contributed by atoms with Crippen molar-refractivity contribution in [3.05, 3.63) is 84.4 Å². The van der Waals surface area contributed by atoms with E-state index in [1.54, 1.807) is 0 Å². The smallest absolute Gasteiger partial charge is 0.132 e. The van der Waals surface area contributed by atoms with Crippen molar-refractivity contribution < 1.29 is 9.90 Å². The summed E-state index contributed by atoms with van der Waals surface area (Å²) in [4.78, 5) is 11.2. The summed E-state index contributed by atoms with van der Waals surface area (Å²) in [5, 5.41) is 15.0. The summed E-state index contributed by atoms with van der Waals surface area (Å²) in [5.74, 6) is -0.0124. The molecule has 0 aliphatic heterocycles. The minimum Gasteiger partial charge on any atom is -0.388 e. The molecule has 0 saturated carbocycles. The molecular formula is C24H20O2. The molecule has 2 nitrogen and oxygen atoms in total. The van der Waals surface area contributed by atoms with Crippen molar-refractivity contribution in [2.45, 2.75) is 19.4 Å². The zero-order valence-electron chi connectivity index (χ0n) is 14.6. The Morgan fingerprint density at radius 3 is 1.92 bits per heavy atom. The number of rotatable bonds is 4. The van der Waals surface area contributed by atoms with Crippen LogP contribution in [0.2, 0.25) is 0 Å². The number of benzene rings is 4. The number of aliphatic hydroxyl groups is 1. The van der Waals surface area contributed by atoms with Gasteiger partial charge in [0, 0.05) is 6.42 Å². The van der Waals surface area contributed by atoms with Crippen LogP contribution < -0.4 is 0 Å². The molecule has 0 radical (unpaired) electrons. The van der Waals surface area contributed by atoms with E-state index in [0.29, 0.717) is 0 Å². The number of ketones is 1. The van der Waals surface area contributed by atoms with Crippen LogP contribution in [0, 0.1) is 0 Å². The molecule has 0 bridgehead atoms. The van der Waals surface area contributed by atoms with Gasteiger partial charge >= 0.3 is 0 Å². The van der Waals surface area contributed by atoms with Crippen LogP contribution in [0.3, 0.4) is 0 Å². The summed E-state index contributed by atoms with van der Waals surface area (Å²) in [5.41, 5.74) is 3.08. The summed E-state index contributed by atoms with van der Waals surface area (Å²) in [6, 6.07) is 26.9. The van der Waals surface area contributed by atoms with Gasteiger partial charge in [-0.05, 0) is 51.2 Å². The van der Waals surface area contributed by atoms with Crippen LogP contribution in [0.4, 0.5) is 0 Å². The number of carbonyl (C=O) groups excluding carboxylic acids is 1. The topological polar surface area (TPSA) is 37.3 Å². The van der Waals surface area contributed by atoms with Crippen molar-refractivity contribution in [1.82, 2.24) is 0 Å². The molecule has 0 aliphatic rings. The first kappa shape index (κ1) is 16.5. The first-order valence-corrected chi connectivity index (χ1v) is 8.82. The van der Waals surface area contributed by atoms with E-state index < -0.39 is 6.10 Å². The molecular weight excluding hydrogens is 320 g/mol. The number of hydrogen-bond acceptors (Lipinski definition) is 2. The molecule has 1 N–H and O–H groups in total. The summed E-state index contributed by atoms with van der Waals surface area (Å²) < 4.78 is 0. The largest absolute Gasteiger partial charge is 0.388 e. The van der Waals surface area contributed by atoms with Crippen LogP contribution in [0.25, 0.3) is 32.7 Å². The average molecular weight is 340 g/mol. The predicted molar refractivity (Wildman–Crippen MR) is 107 cm³/mol. The Labute approximate surface area is 152 Å². The molecule has 0 amide bonds. The van der Waals surface area contributed by atoms with Crippen molar-refractivity contribution in [1.29, 1.82) is 0 Å². The van der Waals surface area contributed by atoms with E-state index in [9.17, 15) is 9.90 Å². The van der Waals surface area contributed by atoms with Crippen molar-refractivity contribution in [3.63, 3.8) is 0 Å². The number of fused-ring (bicyclic) bond motifs is 2. The maximum absolute atomic E-state index is 11.2. The van der Waals surface area contributed by atoms with Gasteiger partial charge in [-0.1, -0.05) is 72.8 Å². The van der Waals surface area contributed by atoms with Crippen LogP contribution in [0.5, 0.6) is 0 Å². The quantitative estimate of drug-likeness (QED) is 0.486. The first-order valence-electron chi connectivity index (χ1n) is 8.82. The highest BCUT2D eigenvalue weighted by molar-refractivity contribution is 6.12. The number of Topliss-reactive ketones (excluding diaryl/α,β-unsaturated/α-hetero) is 1. The fourth-order valence-electron chi connectivity index (χ4n) is 3.59. The normalized spacial score (nSPS) is 12.4. The number of carbonyl (C=O) groups is 1. The Balaban J connectivity index is 1.88. The zero-order chi connectivity index (χ0) is 18.1. The zero-order valence-corrected chi connectivity index (χ0v) is 14.6.